The second-order valence-corrected chi connectivity index (χ2v) is 7.53. The summed E-state index contributed by atoms with van der Waals surface area (Å²) in [6.45, 7) is 6.04. The Morgan fingerprint density at radius 2 is 1.89 bits per heavy atom. The maximum atomic E-state index is 13.7. The highest BCUT2D eigenvalue weighted by molar-refractivity contribution is 5.88. The number of carbonyl (C=O) groups excluding carboxylic acids is 1. The van der Waals surface area contributed by atoms with Crippen LogP contribution in [0.15, 0.2) is 48.5 Å². The molecular formula is C23H28FNO3. The van der Waals surface area contributed by atoms with Gasteiger partial charge in [0.15, 0.2) is 0 Å². The van der Waals surface area contributed by atoms with Crippen LogP contribution in [0.5, 0.6) is 5.75 Å². The molecule has 0 atom stereocenters. The fourth-order valence-corrected chi connectivity index (χ4v) is 3.60. The van der Waals surface area contributed by atoms with Crippen molar-refractivity contribution < 1.29 is 18.7 Å². The number of nitrogens with one attached hydrogen (secondary N) is 1. The highest BCUT2D eigenvalue weighted by Gasteiger charge is 2.41. The van der Waals surface area contributed by atoms with Gasteiger partial charge in [-0.05, 0) is 54.2 Å². The molecule has 1 N–H and O–H groups in total. The monoisotopic (exact) mass is 385 g/mol. The molecule has 1 fully saturated rings. The Labute approximate surface area is 166 Å². The SMILES string of the molecule is CC(C)c1ccc(OCCNC(=O)C2(c3cccc(F)c3)CCOCC2)cc1. The molecule has 28 heavy (non-hydrogen) atoms. The van der Waals surface area contributed by atoms with E-state index in [1.54, 1.807) is 6.07 Å². The molecule has 0 radical (unpaired) electrons. The summed E-state index contributed by atoms with van der Waals surface area (Å²) in [5.41, 5.74) is 1.22. The van der Waals surface area contributed by atoms with E-state index in [9.17, 15) is 9.18 Å². The predicted octanol–water partition coefficient (Wildman–Crippen LogP) is 4.19. The summed E-state index contributed by atoms with van der Waals surface area (Å²) in [6.07, 6.45) is 1.08. The molecule has 0 bridgehead atoms. The van der Waals surface area contributed by atoms with Gasteiger partial charge < -0.3 is 14.8 Å². The third-order valence-corrected chi connectivity index (χ3v) is 5.36. The van der Waals surface area contributed by atoms with Crippen LogP contribution in [0.1, 0.15) is 43.7 Å². The molecule has 0 aromatic heterocycles. The van der Waals surface area contributed by atoms with Gasteiger partial charge in [0.2, 0.25) is 5.91 Å². The minimum absolute atomic E-state index is 0.0971. The molecule has 1 aliphatic rings. The molecule has 2 aromatic rings. The van der Waals surface area contributed by atoms with E-state index >= 15 is 0 Å². The fourth-order valence-electron chi connectivity index (χ4n) is 3.60. The van der Waals surface area contributed by atoms with Crippen molar-refractivity contribution >= 4 is 5.91 Å². The molecule has 150 valence electrons. The molecule has 5 heteroatoms. The van der Waals surface area contributed by atoms with Crippen LogP contribution in [-0.2, 0) is 14.9 Å². The summed E-state index contributed by atoms with van der Waals surface area (Å²) in [5.74, 6) is 0.834. The molecule has 1 amide bonds. The van der Waals surface area contributed by atoms with Crippen molar-refractivity contribution in [2.45, 2.75) is 38.0 Å². The molecule has 1 heterocycles. The maximum absolute atomic E-state index is 13.7. The van der Waals surface area contributed by atoms with Crippen molar-refractivity contribution in [3.63, 3.8) is 0 Å². The van der Waals surface area contributed by atoms with E-state index in [1.807, 2.05) is 18.2 Å². The van der Waals surface area contributed by atoms with E-state index in [0.717, 1.165) is 5.75 Å². The molecule has 4 nitrogen and oxygen atoms in total. The third kappa shape index (κ3) is 4.71. The highest BCUT2D eigenvalue weighted by Crippen LogP contribution is 2.35. The van der Waals surface area contributed by atoms with E-state index in [4.69, 9.17) is 9.47 Å². The van der Waals surface area contributed by atoms with Gasteiger partial charge in [-0.25, -0.2) is 4.39 Å². The third-order valence-electron chi connectivity index (χ3n) is 5.36. The van der Waals surface area contributed by atoms with E-state index < -0.39 is 5.41 Å². The largest absolute Gasteiger partial charge is 0.492 e. The highest BCUT2D eigenvalue weighted by atomic mass is 19.1. The molecule has 0 unspecified atom stereocenters. The quantitative estimate of drug-likeness (QED) is 0.727. The number of hydrogen-bond donors (Lipinski definition) is 1. The Morgan fingerprint density at radius 3 is 2.54 bits per heavy atom. The minimum Gasteiger partial charge on any atom is -0.492 e. The zero-order valence-electron chi connectivity index (χ0n) is 16.5. The lowest BCUT2D eigenvalue weighted by atomic mass is 9.73. The van der Waals surface area contributed by atoms with Gasteiger partial charge in [0.1, 0.15) is 18.2 Å². The van der Waals surface area contributed by atoms with Crippen LogP contribution >= 0.6 is 0 Å². The molecule has 1 saturated heterocycles. The molecular weight excluding hydrogens is 357 g/mol. The Morgan fingerprint density at radius 1 is 1.18 bits per heavy atom. The van der Waals surface area contributed by atoms with Gasteiger partial charge in [0.25, 0.3) is 0 Å². The first kappa shape index (κ1) is 20.3. The van der Waals surface area contributed by atoms with Gasteiger partial charge in [-0.3, -0.25) is 4.79 Å². The van der Waals surface area contributed by atoms with Gasteiger partial charge in [0.05, 0.1) is 12.0 Å². The Bertz CT molecular complexity index is 783. The summed E-state index contributed by atoms with van der Waals surface area (Å²) in [6, 6.07) is 14.3. The van der Waals surface area contributed by atoms with Crippen molar-refractivity contribution in [1.82, 2.24) is 5.32 Å². The van der Waals surface area contributed by atoms with Crippen LogP contribution in [0.4, 0.5) is 4.39 Å². The topological polar surface area (TPSA) is 47.6 Å². The normalized spacial score (nSPS) is 16.0. The second kappa shape index (κ2) is 9.20. The zero-order chi connectivity index (χ0) is 20.0. The van der Waals surface area contributed by atoms with Crippen LogP contribution in [0.2, 0.25) is 0 Å². The Balaban J connectivity index is 1.58. The maximum Gasteiger partial charge on any atom is 0.230 e. The number of ether oxygens (including phenoxy) is 2. The number of carbonyl (C=O) groups is 1. The van der Waals surface area contributed by atoms with Crippen LogP contribution < -0.4 is 10.1 Å². The zero-order valence-corrected chi connectivity index (χ0v) is 16.5. The van der Waals surface area contributed by atoms with E-state index in [-0.39, 0.29) is 11.7 Å². The van der Waals surface area contributed by atoms with Gasteiger partial charge in [-0.1, -0.05) is 38.1 Å². The average Bonchev–Trinajstić information content (AvgIpc) is 2.72. The van der Waals surface area contributed by atoms with E-state index in [1.165, 1.54) is 17.7 Å². The second-order valence-electron chi connectivity index (χ2n) is 7.53. The van der Waals surface area contributed by atoms with Gasteiger partial charge >= 0.3 is 0 Å². The standard InChI is InChI=1S/C23H28FNO3/c1-17(2)18-6-8-21(9-7-18)28-15-12-25-22(26)23(10-13-27-14-11-23)19-4-3-5-20(24)16-19/h3-9,16-17H,10-15H2,1-2H3,(H,25,26). The lowest BCUT2D eigenvalue weighted by molar-refractivity contribution is -0.130. The van der Waals surface area contributed by atoms with Gasteiger partial charge in [-0.15, -0.1) is 0 Å². The Hall–Kier alpha value is -2.40. The molecule has 2 aromatic carbocycles. The number of rotatable bonds is 7. The number of benzene rings is 2. The average molecular weight is 385 g/mol. The summed E-state index contributed by atoms with van der Waals surface area (Å²) in [7, 11) is 0. The summed E-state index contributed by atoms with van der Waals surface area (Å²) >= 11 is 0. The predicted molar refractivity (Wildman–Crippen MR) is 107 cm³/mol. The molecule has 0 saturated carbocycles. The van der Waals surface area contributed by atoms with E-state index in [0.29, 0.717) is 50.7 Å². The molecule has 0 aliphatic carbocycles. The van der Waals surface area contributed by atoms with Crippen LogP contribution in [-0.4, -0.2) is 32.3 Å². The van der Waals surface area contributed by atoms with Crippen LogP contribution in [0.3, 0.4) is 0 Å². The Kier molecular flexibility index (Phi) is 6.68. The summed E-state index contributed by atoms with van der Waals surface area (Å²) in [5, 5.41) is 2.97. The van der Waals surface area contributed by atoms with Crippen molar-refractivity contribution in [2.75, 3.05) is 26.4 Å². The molecule has 0 spiro atoms. The van der Waals surface area contributed by atoms with Crippen molar-refractivity contribution in [1.29, 1.82) is 0 Å². The van der Waals surface area contributed by atoms with Crippen molar-refractivity contribution in [2.24, 2.45) is 0 Å². The summed E-state index contributed by atoms with van der Waals surface area (Å²) < 4.78 is 24.9. The van der Waals surface area contributed by atoms with Gasteiger partial charge in [0, 0.05) is 13.2 Å². The minimum atomic E-state index is -0.751. The van der Waals surface area contributed by atoms with Crippen LogP contribution in [0, 0.1) is 5.82 Å². The molecule has 3 rings (SSSR count). The number of hydrogen-bond acceptors (Lipinski definition) is 3. The fraction of sp³-hybridized carbons (Fsp3) is 0.435. The first-order chi connectivity index (χ1) is 13.5. The first-order valence-corrected chi connectivity index (χ1v) is 9.86. The van der Waals surface area contributed by atoms with Crippen molar-refractivity contribution in [3.05, 3.63) is 65.5 Å². The number of halogens is 1. The molecule has 1 aliphatic heterocycles. The van der Waals surface area contributed by atoms with E-state index in [2.05, 4.69) is 31.3 Å². The lowest BCUT2D eigenvalue weighted by Gasteiger charge is -2.36. The summed E-state index contributed by atoms with van der Waals surface area (Å²) in [4.78, 5) is 13.0. The van der Waals surface area contributed by atoms with Crippen molar-refractivity contribution in [3.8, 4) is 5.75 Å². The number of amides is 1. The van der Waals surface area contributed by atoms with Gasteiger partial charge in [-0.2, -0.15) is 0 Å². The first-order valence-electron chi connectivity index (χ1n) is 9.86. The lowest BCUT2D eigenvalue weighted by Crippen LogP contribution is -2.48. The van der Waals surface area contributed by atoms with Crippen LogP contribution in [0.25, 0.3) is 0 Å². The smallest absolute Gasteiger partial charge is 0.230 e.